The molecule has 0 saturated carbocycles. The molecule has 4 nitrogen and oxygen atoms in total. The number of aliphatic hydroxyl groups is 1. The van der Waals surface area contributed by atoms with E-state index in [9.17, 15) is 0 Å². The van der Waals surface area contributed by atoms with Crippen molar-refractivity contribution in [2.24, 2.45) is 13.0 Å². The summed E-state index contributed by atoms with van der Waals surface area (Å²) >= 11 is 0. The van der Waals surface area contributed by atoms with Crippen molar-refractivity contribution in [1.82, 2.24) is 15.1 Å². The summed E-state index contributed by atoms with van der Waals surface area (Å²) in [6.45, 7) is 3.43. The highest BCUT2D eigenvalue weighted by molar-refractivity contribution is 5.24. The van der Waals surface area contributed by atoms with Crippen molar-refractivity contribution < 1.29 is 5.11 Å². The Hall–Kier alpha value is -0.870. The average Bonchev–Trinajstić information content (AvgIpc) is 2.77. The van der Waals surface area contributed by atoms with E-state index < -0.39 is 0 Å². The van der Waals surface area contributed by atoms with Gasteiger partial charge in [0.25, 0.3) is 0 Å². The SMILES string of the molecule is CC(CO)CCCNC1CCCc2c1cnn2C. The van der Waals surface area contributed by atoms with Gasteiger partial charge in [-0.25, -0.2) is 0 Å². The summed E-state index contributed by atoms with van der Waals surface area (Å²) in [6.07, 6.45) is 7.86. The second-order valence-corrected chi connectivity index (χ2v) is 5.50. The Morgan fingerprint density at radius 3 is 3.22 bits per heavy atom. The van der Waals surface area contributed by atoms with Crippen molar-refractivity contribution in [2.75, 3.05) is 13.2 Å². The Morgan fingerprint density at radius 1 is 1.61 bits per heavy atom. The molecule has 4 heteroatoms. The molecule has 0 amide bonds. The van der Waals surface area contributed by atoms with E-state index >= 15 is 0 Å². The number of aryl methyl sites for hydroxylation is 1. The summed E-state index contributed by atoms with van der Waals surface area (Å²) in [7, 11) is 2.03. The van der Waals surface area contributed by atoms with E-state index in [1.807, 2.05) is 17.9 Å². The van der Waals surface area contributed by atoms with Gasteiger partial charge in [-0.3, -0.25) is 4.68 Å². The third-order valence-electron chi connectivity index (χ3n) is 3.95. The van der Waals surface area contributed by atoms with Crippen LogP contribution in [0.2, 0.25) is 0 Å². The first-order chi connectivity index (χ1) is 8.72. The van der Waals surface area contributed by atoms with E-state index in [0.29, 0.717) is 18.6 Å². The second kappa shape index (κ2) is 6.34. The highest BCUT2D eigenvalue weighted by Crippen LogP contribution is 2.28. The minimum Gasteiger partial charge on any atom is -0.396 e. The molecule has 2 atom stereocenters. The Labute approximate surface area is 109 Å². The first kappa shape index (κ1) is 13.6. The molecular weight excluding hydrogens is 226 g/mol. The molecule has 2 unspecified atom stereocenters. The van der Waals surface area contributed by atoms with Gasteiger partial charge in [-0.05, 0) is 44.6 Å². The number of fused-ring (bicyclic) bond motifs is 1. The van der Waals surface area contributed by atoms with E-state index in [-0.39, 0.29) is 0 Å². The third-order valence-corrected chi connectivity index (χ3v) is 3.95. The third kappa shape index (κ3) is 3.12. The lowest BCUT2D eigenvalue weighted by Crippen LogP contribution is -2.26. The number of nitrogens with zero attached hydrogens (tertiary/aromatic N) is 2. The van der Waals surface area contributed by atoms with Crippen LogP contribution in [0.1, 0.15) is 49.9 Å². The highest BCUT2D eigenvalue weighted by Gasteiger charge is 2.22. The van der Waals surface area contributed by atoms with Gasteiger partial charge in [0.05, 0.1) is 6.20 Å². The van der Waals surface area contributed by atoms with Crippen molar-refractivity contribution in [3.63, 3.8) is 0 Å². The average molecular weight is 251 g/mol. The number of hydrogen-bond donors (Lipinski definition) is 2. The van der Waals surface area contributed by atoms with Gasteiger partial charge in [-0.15, -0.1) is 0 Å². The van der Waals surface area contributed by atoms with E-state index in [1.54, 1.807) is 0 Å². The van der Waals surface area contributed by atoms with Gasteiger partial charge < -0.3 is 10.4 Å². The molecule has 0 aliphatic heterocycles. The van der Waals surface area contributed by atoms with E-state index in [1.165, 1.54) is 24.1 Å². The first-order valence-electron chi connectivity index (χ1n) is 7.07. The molecule has 0 saturated heterocycles. The zero-order chi connectivity index (χ0) is 13.0. The van der Waals surface area contributed by atoms with Crippen molar-refractivity contribution >= 4 is 0 Å². The number of aliphatic hydroxyl groups excluding tert-OH is 1. The van der Waals surface area contributed by atoms with Crippen molar-refractivity contribution in [3.8, 4) is 0 Å². The summed E-state index contributed by atoms with van der Waals surface area (Å²) in [5.74, 6) is 0.423. The normalized spacial score (nSPS) is 20.7. The Morgan fingerprint density at radius 2 is 2.44 bits per heavy atom. The molecule has 0 bridgehead atoms. The smallest absolute Gasteiger partial charge is 0.0540 e. The predicted octanol–water partition coefficient (Wildman–Crippen LogP) is 1.80. The summed E-state index contributed by atoms with van der Waals surface area (Å²) in [6, 6.07) is 0.479. The van der Waals surface area contributed by atoms with Crippen LogP contribution in [-0.2, 0) is 13.5 Å². The summed E-state index contributed by atoms with van der Waals surface area (Å²) in [4.78, 5) is 0. The van der Waals surface area contributed by atoms with Crippen LogP contribution in [0.4, 0.5) is 0 Å². The molecular formula is C14H25N3O. The van der Waals surface area contributed by atoms with Crippen LogP contribution in [-0.4, -0.2) is 28.0 Å². The van der Waals surface area contributed by atoms with Crippen LogP contribution < -0.4 is 5.32 Å². The van der Waals surface area contributed by atoms with Gasteiger partial charge in [-0.2, -0.15) is 5.10 Å². The zero-order valence-corrected chi connectivity index (χ0v) is 11.5. The zero-order valence-electron chi connectivity index (χ0n) is 11.5. The fourth-order valence-corrected chi connectivity index (χ4v) is 2.74. The molecule has 2 rings (SSSR count). The van der Waals surface area contributed by atoms with E-state index in [2.05, 4.69) is 17.3 Å². The van der Waals surface area contributed by atoms with Crippen LogP contribution in [0.3, 0.4) is 0 Å². The lowest BCUT2D eigenvalue weighted by Gasteiger charge is -2.24. The van der Waals surface area contributed by atoms with Crippen molar-refractivity contribution in [3.05, 3.63) is 17.5 Å². The molecule has 102 valence electrons. The van der Waals surface area contributed by atoms with Gasteiger partial charge in [0.15, 0.2) is 0 Å². The number of aromatic nitrogens is 2. The van der Waals surface area contributed by atoms with Gasteiger partial charge in [0.2, 0.25) is 0 Å². The van der Waals surface area contributed by atoms with Gasteiger partial charge >= 0.3 is 0 Å². The van der Waals surface area contributed by atoms with Crippen molar-refractivity contribution in [1.29, 1.82) is 0 Å². The maximum atomic E-state index is 8.98. The molecule has 0 fully saturated rings. The molecule has 2 N–H and O–H groups in total. The number of hydrogen-bond acceptors (Lipinski definition) is 3. The highest BCUT2D eigenvalue weighted by atomic mass is 16.3. The second-order valence-electron chi connectivity index (χ2n) is 5.50. The monoisotopic (exact) mass is 251 g/mol. The minimum absolute atomic E-state index is 0.302. The van der Waals surface area contributed by atoms with E-state index in [4.69, 9.17) is 5.11 Å². The predicted molar refractivity (Wildman–Crippen MR) is 72.4 cm³/mol. The Bertz CT molecular complexity index is 375. The van der Waals surface area contributed by atoms with Crippen LogP contribution in [0.5, 0.6) is 0 Å². The summed E-state index contributed by atoms with van der Waals surface area (Å²) < 4.78 is 2.01. The quantitative estimate of drug-likeness (QED) is 0.758. The van der Waals surface area contributed by atoms with Crippen molar-refractivity contribution in [2.45, 2.75) is 45.1 Å². The lowest BCUT2D eigenvalue weighted by atomic mass is 9.93. The van der Waals surface area contributed by atoms with Gasteiger partial charge in [0, 0.05) is 31.0 Å². The van der Waals surface area contributed by atoms with Gasteiger partial charge in [-0.1, -0.05) is 6.92 Å². The van der Waals surface area contributed by atoms with Gasteiger partial charge in [0.1, 0.15) is 0 Å². The minimum atomic E-state index is 0.302. The van der Waals surface area contributed by atoms with Crippen LogP contribution >= 0.6 is 0 Å². The molecule has 1 aromatic rings. The molecule has 0 radical (unpaired) electrons. The number of nitrogens with one attached hydrogen (secondary N) is 1. The van der Waals surface area contributed by atoms with Crippen LogP contribution in [0, 0.1) is 5.92 Å². The van der Waals surface area contributed by atoms with E-state index in [0.717, 1.165) is 25.8 Å². The fraction of sp³-hybridized carbons (Fsp3) is 0.786. The molecule has 0 aromatic carbocycles. The molecule has 1 aliphatic carbocycles. The largest absolute Gasteiger partial charge is 0.396 e. The maximum Gasteiger partial charge on any atom is 0.0540 e. The summed E-state index contributed by atoms with van der Waals surface area (Å²) in [5.41, 5.74) is 2.78. The van der Waals surface area contributed by atoms with Crippen LogP contribution in [0.25, 0.3) is 0 Å². The molecule has 1 aromatic heterocycles. The Kier molecular flexibility index (Phi) is 4.78. The Balaban J connectivity index is 1.81. The fourth-order valence-electron chi connectivity index (χ4n) is 2.74. The molecule has 1 heterocycles. The topological polar surface area (TPSA) is 50.1 Å². The molecule has 0 spiro atoms. The lowest BCUT2D eigenvalue weighted by molar-refractivity contribution is 0.227. The summed E-state index contributed by atoms with van der Waals surface area (Å²) in [5, 5.41) is 17.0. The molecule has 18 heavy (non-hydrogen) atoms. The first-order valence-corrected chi connectivity index (χ1v) is 7.07. The molecule has 1 aliphatic rings. The van der Waals surface area contributed by atoms with Crippen LogP contribution in [0.15, 0.2) is 6.20 Å². The maximum absolute atomic E-state index is 8.98. The standard InChI is InChI=1S/C14H25N3O/c1-11(10-18)5-4-8-15-13-6-3-7-14-12(13)9-16-17(14)2/h9,11,13,15,18H,3-8,10H2,1-2H3. The number of rotatable bonds is 6.